The summed E-state index contributed by atoms with van der Waals surface area (Å²) in [6, 6.07) is 6.82. The molecule has 1 aliphatic carbocycles. The zero-order chi connectivity index (χ0) is 19.5. The van der Waals surface area contributed by atoms with E-state index in [0.717, 1.165) is 51.6 Å². The lowest BCUT2D eigenvalue weighted by Crippen LogP contribution is -2.51. The molecular weight excluding hydrogens is 357 g/mol. The number of carbonyl (C=O) groups is 2. The van der Waals surface area contributed by atoms with Crippen molar-refractivity contribution in [2.75, 3.05) is 44.2 Å². The third-order valence-electron chi connectivity index (χ3n) is 6.63. The van der Waals surface area contributed by atoms with Crippen LogP contribution < -0.4 is 4.90 Å². The van der Waals surface area contributed by atoms with Crippen LogP contribution in [0, 0.1) is 17.7 Å². The third kappa shape index (κ3) is 4.01. The van der Waals surface area contributed by atoms with Crippen LogP contribution >= 0.6 is 0 Å². The topological polar surface area (TPSA) is 43.9 Å². The summed E-state index contributed by atoms with van der Waals surface area (Å²) in [6.45, 7) is 4.42. The standard InChI is InChI=1S/C22H30FN3O2/c23-19-5-1-2-6-20(19)24-13-15-26(16-14-24)22(28)18-9-7-17(8-10-18)21(27)25-11-3-4-12-25/h1-2,5-6,17-18H,3-4,7-16H2. The van der Waals surface area contributed by atoms with Crippen molar-refractivity contribution in [1.82, 2.24) is 9.80 Å². The minimum absolute atomic E-state index is 0.0441. The third-order valence-corrected chi connectivity index (χ3v) is 6.63. The van der Waals surface area contributed by atoms with Crippen LogP contribution in [-0.4, -0.2) is 60.9 Å². The van der Waals surface area contributed by atoms with Crippen molar-refractivity contribution in [1.29, 1.82) is 0 Å². The van der Waals surface area contributed by atoms with Gasteiger partial charge in [0.15, 0.2) is 0 Å². The number of para-hydroxylation sites is 1. The van der Waals surface area contributed by atoms with Gasteiger partial charge in [-0.2, -0.15) is 0 Å². The van der Waals surface area contributed by atoms with E-state index in [0.29, 0.717) is 37.8 Å². The molecule has 2 amide bonds. The summed E-state index contributed by atoms with van der Waals surface area (Å²) < 4.78 is 14.0. The number of halogens is 1. The molecule has 1 aromatic carbocycles. The molecule has 1 aromatic rings. The van der Waals surface area contributed by atoms with Gasteiger partial charge in [-0.1, -0.05) is 12.1 Å². The normalized spacial score (nSPS) is 25.8. The number of rotatable bonds is 3. The highest BCUT2D eigenvalue weighted by Gasteiger charge is 2.35. The van der Waals surface area contributed by atoms with Crippen molar-refractivity contribution < 1.29 is 14.0 Å². The second kappa shape index (κ2) is 8.50. The van der Waals surface area contributed by atoms with E-state index >= 15 is 0 Å². The summed E-state index contributed by atoms with van der Waals surface area (Å²) in [5.74, 6) is 0.480. The summed E-state index contributed by atoms with van der Waals surface area (Å²) in [5.41, 5.74) is 0.621. The zero-order valence-electron chi connectivity index (χ0n) is 16.5. The first-order chi connectivity index (χ1) is 13.6. The smallest absolute Gasteiger partial charge is 0.225 e. The number of amides is 2. The number of nitrogens with zero attached hydrogens (tertiary/aromatic N) is 3. The summed E-state index contributed by atoms with van der Waals surface area (Å²) >= 11 is 0. The molecule has 0 radical (unpaired) electrons. The lowest BCUT2D eigenvalue weighted by Gasteiger charge is -2.39. The summed E-state index contributed by atoms with van der Waals surface area (Å²) in [6.07, 6.45) is 5.55. The zero-order valence-corrected chi connectivity index (χ0v) is 16.5. The number of benzene rings is 1. The first-order valence-electron chi connectivity index (χ1n) is 10.7. The number of piperazine rings is 1. The van der Waals surface area contributed by atoms with E-state index in [1.54, 1.807) is 12.1 Å². The molecule has 0 N–H and O–H groups in total. The maximum atomic E-state index is 14.0. The van der Waals surface area contributed by atoms with E-state index in [4.69, 9.17) is 0 Å². The Morgan fingerprint density at radius 3 is 1.79 bits per heavy atom. The molecule has 0 spiro atoms. The minimum atomic E-state index is -0.205. The SMILES string of the molecule is O=C(C1CCC(C(=O)N2CCN(c3ccccc3F)CC2)CC1)N1CCCC1. The molecular formula is C22H30FN3O2. The predicted molar refractivity (Wildman–Crippen MR) is 106 cm³/mol. The maximum absolute atomic E-state index is 14.0. The van der Waals surface area contributed by atoms with Crippen LogP contribution in [0.15, 0.2) is 24.3 Å². The van der Waals surface area contributed by atoms with E-state index in [-0.39, 0.29) is 23.6 Å². The Labute approximate surface area is 166 Å². The minimum Gasteiger partial charge on any atom is -0.366 e. The Bertz CT molecular complexity index is 703. The van der Waals surface area contributed by atoms with Crippen molar-refractivity contribution in [2.45, 2.75) is 38.5 Å². The van der Waals surface area contributed by atoms with Gasteiger partial charge in [0.2, 0.25) is 11.8 Å². The molecule has 2 aliphatic heterocycles. The fourth-order valence-electron chi connectivity index (χ4n) is 4.92. The molecule has 152 valence electrons. The Kier molecular flexibility index (Phi) is 5.83. The molecule has 0 aromatic heterocycles. The van der Waals surface area contributed by atoms with Crippen molar-refractivity contribution in [2.24, 2.45) is 11.8 Å². The molecule has 2 saturated heterocycles. The largest absolute Gasteiger partial charge is 0.366 e. The van der Waals surface area contributed by atoms with Gasteiger partial charge in [0.25, 0.3) is 0 Å². The van der Waals surface area contributed by atoms with Gasteiger partial charge < -0.3 is 14.7 Å². The molecule has 0 unspecified atom stereocenters. The van der Waals surface area contributed by atoms with Crippen molar-refractivity contribution in [3.05, 3.63) is 30.1 Å². The summed E-state index contributed by atoms with van der Waals surface area (Å²) in [5, 5.41) is 0. The first kappa shape index (κ1) is 19.2. The number of likely N-dealkylation sites (tertiary alicyclic amines) is 1. The lowest BCUT2D eigenvalue weighted by molar-refractivity contribution is -0.141. The van der Waals surface area contributed by atoms with Crippen LogP contribution in [0.2, 0.25) is 0 Å². The number of carbonyl (C=O) groups excluding carboxylic acids is 2. The molecule has 0 atom stereocenters. The lowest BCUT2D eigenvalue weighted by atomic mass is 9.80. The van der Waals surface area contributed by atoms with E-state index in [1.807, 2.05) is 20.8 Å². The summed E-state index contributed by atoms with van der Waals surface area (Å²) in [7, 11) is 0. The van der Waals surface area contributed by atoms with Gasteiger partial charge in [-0.15, -0.1) is 0 Å². The molecule has 2 heterocycles. The molecule has 6 heteroatoms. The van der Waals surface area contributed by atoms with Crippen molar-refractivity contribution >= 4 is 17.5 Å². The van der Waals surface area contributed by atoms with Gasteiger partial charge >= 0.3 is 0 Å². The highest BCUT2D eigenvalue weighted by molar-refractivity contribution is 5.81. The van der Waals surface area contributed by atoms with E-state index in [9.17, 15) is 14.0 Å². The molecule has 28 heavy (non-hydrogen) atoms. The fraction of sp³-hybridized carbons (Fsp3) is 0.636. The Morgan fingerprint density at radius 2 is 1.25 bits per heavy atom. The molecule has 1 saturated carbocycles. The van der Waals surface area contributed by atoms with Crippen LogP contribution in [0.1, 0.15) is 38.5 Å². The fourth-order valence-corrected chi connectivity index (χ4v) is 4.92. The maximum Gasteiger partial charge on any atom is 0.225 e. The van der Waals surface area contributed by atoms with E-state index in [1.165, 1.54) is 6.07 Å². The quantitative estimate of drug-likeness (QED) is 0.801. The molecule has 3 aliphatic rings. The van der Waals surface area contributed by atoms with Crippen LogP contribution in [0.4, 0.5) is 10.1 Å². The monoisotopic (exact) mass is 387 g/mol. The average molecular weight is 387 g/mol. The Hall–Kier alpha value is -2.11. The molecule has 0 bridgehead atoms. The van der Waals surface area contributed by atoms with Gasteiger partial charge in [-0.3, -0.25) is 9.59 Å². The highest BCUT2D eigenvalue weighted by Crippen LogP contribution is 2.32. The Balaban J connectivity index is 1.26. The Morgan fingerprint density at radius 1 is 0.750 bits per heavy atom. The van der Waals surface area contributed by atoms with Crippen LogP contribution in [0.3, 0.4) is 0 Å². The van der Waals surface area contributed by atoms with E-state index in [2.05, 4.69) is 0 Å². The van der Waals surface area contributed by atoms with Gasteiger partial charge in [0.05, 0.1) is 5.69 Å². The summed E-state index contributed by atoms with van der Waals surface area (Å²) in [4.78, 5) is 31.5. The second-order valence-corrected chi connectivity index (χ2v) is 8.34. The first-order valence-corrected chi connectivity index (χ1v) is 10.7. The number of hydrogen-bond acceptors (Lipinski definition) is 3. The van der Waals surface area contributed by atoms with Crippen molar-refractivity contribution in [3.63, 3.8) is 0 Å². The van der Waals surface area contributed by atoms with Gasteiger partial charge in [-0.25, -0.2) is 4.39 Å². The van der Waals surface area contributed by atoms with E-state index < -0.39 is 0 Å². The highest BCUT2D eigenvalue weighted by atomic mass is 19.1. The second-order valence-electron chi connectivity index (χ2n) is 8.34. The molecule has 5 nitrogen and oxygen atoms in total. The van der Waals surface area contributed by atoms with Gasteiger partial charge in [0, 0.05) is 51.1 Å². The number of anilines is 1. The molecule has 3 fully saturated rings. The number of hydrogen-bond donors (Lipinski definition) is 0. The van der Waals surface area contributed by atoms with Crippen molar-refractivity contribution in [3.8, 4) is 0 Å². The van der Waals surface area contributed by atoms with Gasteiger partial charge in [-0.05, 0) is 50.7 Å². The average Bonchev–Trinajstić information content (AvgIpc) is 3.28. The van der Waals surface area contributed by atoms with Gasteiger partial charge in [0.1, 0.15) is 5.82 Å². The molecule has 4 rings (SSSR count). The van der Waals surface area contributed by atoms with Crippen LogP contribution in [0.5, 0.6) is 0 Å². The van der Waals surface area contributed by atoms with Crippen LogP contribution in [-0.2, 0) is 9.59 Å². The van der Waals surface area contributed by atoms with Crippen LogP contribution in [0.25, 0.3) is 0 Å². The predicted octanol–water partition coefficient (Wildman–Crippen LogP) is 2.90.